The summed E-state index contributed by atoms with van der Waals surface area (Å²) in [5, 5.41) is 0. The number of sulfonamides is 1. The molecule has 0 saturated carbocycles. The molecule has 4 nitrogen and oxygen atoms in total. The normalized spacial score (nSPS) is 15.2. The van der Waals surface area contributed by atoms with Crippen molar-refractivity contribution in [1.29, 1.82) is 0 Å². The van der Waals surface area contributed by atoms with E-state index < -0.39 is 10.0 Å². The number of nitrogen functional groups attached to an aromatic ring is 1. The van der Waals surface area contributed by atoms with Gasteiger partial charge in [-0.3, -0.25) is 4.31 Å². The highest BCUT2D eigenvalue weighted by Crippen LogP contribution is 2.32. The monoisotopic (exact) mass is 268 g/mol. The molecule has 0 amide bonds. The quantitative estimate of drug-likeness (QED) is 0.850. The van der Waals surface area contributed by atoms with Gasteiger partial charge in [0.25, 0.3) is 0 Å². The third-order valence-electron chi connectivity index (χ3n) is 3.25. The fourth-order valence-electron chi connectivity index (χ4n) is 2.18. The summed E-state index contributed by atoms with van der Waals surface area (Å²) in [6, 6.07) is 5.44. The molecule has 0 fully saturated rings. The van der Waals surface area contributed by atoms with Crippen LogP contribution in [0.4, 0.5) is 11.4 Å². The first-order valence-electron chi connectivity index (χ1n) is 6.29. The predicted octanol–water partition coefficient (Wildman–Crippen LogP) is 2.01. The standard InChI is InChI=1S/C13H20N2O2S/c1-10(2)6-8-18(16,17)15-7-5-11-9-12(14)3-4-13(11)15/h3-4,9-10H,5-8,14H2,1-2H3. The van der Waals surface area contributed by atoms with Crippen molar-refractivity contribution in [2.45, 2.75) is 26.7 Å². The summed E-state index contributed by atoms with van der Waals surface area (Å²) in [4.78, 5) is 0. The predicted molar refractivity (Wildman–Crippen MR) is 75.1 cm³/mol. The molecule has 100 valence electrons. The zero-order valence-electron chi connectivity index (χ0n) is 10.9. The first-order chi connectivity index (χ1) is 8.40. The van der Waals surface area contributed by atoms with E-state index in [4.69, 9.17) is 5.73 Å². The second-order valence-electron chi connectivity index (χ2n) is 5.21. The second kappa shape index (κ2) is 4.80. The van der Waals surface area contributed by atoms with E-state index >= 15 is 0 Å². The number of rotatable bonds is 4. The molecule has 18 heavy (non-hydrogen) atoms. The molecule has 0 aliphatic carbocycles. The van der Waals surface area contributed by atoms with E-state index in [1.165, 1.54) is 4.31 Å². The first-order valence-corrected chi connectivity index (χ1v) is 7.90. The molecule has 1 aromatic rings. The third kappa shape index (κ3) is 2.61. The smallest absolute Gasteiger partial charge is 0.235 e. The molecule has 0 saturated heterocycles. The van der Waals surface area contributed by atoms with Crippen LogP contribution in [-0.2, 0) is 16.4 Å². The van der Waals surface area contributed by atoms with E-state index in [-0.39, 0.29) is 5.75 Å². The van der Waals surface area contributed by atoms with E-state index in [2.05, 4.69) is 0 Å². The largest absolute Gasteiger partial charge is 0.399 e. The van der Waals surface area contributed by atoms with Gasteiger partial charge in [0, 0.05) is 12.2 Å². The first kappa shape index (κ1) is 13.2. The van der Waals surface area contributed by atoms with Crippen LogP contribution < -0.4 is 10.0 Å². The fraction of sp³-hybridized carbons (Fsp3) is 0.538. The van der Waals surface area contributed by atoms with E-state index in [1.807, 2.05) is 26.0 Å². The highest BCUT2D eigenvalue weighted by Gasteiger charge is 2.29. The summed E-state index contributed by atoms with van der Waals surface area (Å²) < 4.78 is 26.1. The van der Waals surface area contributed by atoms with Gasteiger partial charge in [0.1, 0.15) is 0 Å². The van der Waals surface area contributed by atoms with Gasteiger partial charge < -0.3 is 5.73 Å². The van der Waals surface area contributed by atoms with E-state index in [0.717, 1.165) is 17.7 Å². The highest BCUT2D eigenvalue weighted by molar-refractivity contribution is 7.92. The van der Waals surface area contributed by atoms with E-state index in [1.54, 1.807) is 6.07 Å². The summed E-state index contributed by atoms with van der Waals surface area (Å²) in [5.74, 6) is 0.613. The average Bonchev–Trinajstić information content (AvgIpc) is 2.70. The van der Waals surface area contributed by atoms with Crippen LogP contribution in [0.2, 0.25) is 0 Å². The van der Waals surface area contributed by atoms with Crippen LogP contribution in [0, 0.1) is 5.92 Å². The highest BCUT2D eigenvalue weighted by atomic mass is 32.2. The van der Waals surface area contributed by atoms with Crippen molar-refractivity contribution in [3.63, 3.8) is 0 Å². The Balaban J connectivity index is 2.22. The fourth-order valence-corrected chi connectivity index (χ4v) is 4.01. The lowest BCUT2D eigenvalue weighted by Crippen LogP contribution is -2.31. The maximum atomic E-state index is 12.3. The van der Waals surface area contributed by atoms with Gasteiger partial charge in [-0.25, -0.2) is 8.42 Å². The number of nitrogens with zero attached hydrogens (tertiary/aromatic N) is 1. The molecule has 2 rings (SSSR count). The van der Waals surface area contributed by atoms with Gasteiger partial charge >= 0.3 is 0 Å². The molecule has 0 unspecified atom stereocenters. The van der Waals surface area contributed by atoms with Crippen molar-refractivity contribution in [3.05, 3.63) is 23.8 Å². The van der Waals surface area contributed by atoms with Gasteiger partial charge in [0.2, 0.25) is 10.0 Å². The molecular formula is C13H20N2O2S. The Kier molecular flexibility index (Phi) is 3.52. The summed E-state index contributed by atoms with van der Waals surface area (Å²) in [6.45, 7) is 4.61. The molecule has 1 aliphatic heterocycles. The molecule has 2 N–H and O–H groups in total. The van der Waals surface area contributed by atoms with Gasteiger partial charge in [-0.15, -0.1) is 0 Å². The average molecular weight is 268 g/mol. The van der Waals surface area contributed by atoms with Crippen molar-refractivity contribution < 1.29 is 8.42 Å². The third-order valence-corrected chi connectivity index (χ3v) is 5.05. The molecule has 0 bridgehead atoms. The van der Waals surface area contributed by atoms with Crippen molar-refractivity contribution in [3.8, 4) is 0 Å². The van der Waals surface area contributed by atoms with Crippen molar-refractivity contribution >= 4 is 21.4 Å². The molecule has 0 aromatic heterocycles. The van der Waals surface area contributed by atoms with Gasteiger partial charge in [0.05, 0.1) is 11.4 Å². The van der Waals surface area contributed by atoms with Crippen molar-refractivity contribution in [2.24, 2.45) is 5.92 Å². The molecule has 0 radical (unpaired) electrons. The van der Waals surface area contributed by atoms with E-state index in [9.17, 15) is 8.42 Å². The van der Waals surface area contributed by atoms with Gasteiger partial charge in [-0.2, -0.15) is 0 Å². The van der Waals surface area contributed by atoms with Gasteiger partial charge in [0.15, 0.2) is 0 Å². The number of hydrogen-bond donors (Lipinski definition) is 1. The van der Waals surface area contributed by atoms with Crippen molar-refractivity contribution in [2.75, 3.05) is 22.3 Å². The second-order valence-corrected chi connectivity index (χ2v) is 7.22. The minimum atomic E-state index is -3.19. The molecule has 0 atom stereocenters. The lowest BCUT2D eigenvalue weighted by atomic mass is 10.1. The molecular weight excluding hydrogens is 248 g/mol. The Morgan fingerprint density at radius 2 is 2.11 bits per heavy atom. The maximum Gasteiger partial charge on any atom is 0.235 e. The maximum absolute atomic E-state index is 12.3. The van der Waals surface area contributed by atoms with Crippen LogP contribution in [-0.4, -0.2) is 20.7 Å². The van der Waals surface area contributed by atoms with Gasteiger partial charge in [-0.1, -0.05) is 13.8 Å². The minimum absolute atomic E-state index is 0.217. The summed E-state index contributed by atoms with van der Waals surface area (Å²) in [7, 11) is -3.19. The Hall–Kier alpha value is -1.23. The summed E-state index contributed by atoms with van der Waals surface area (Å²) >= 11 is 0. The Bertz CT molecular complexity index is 538. The zero-order valence-corrected chi connectivity index (χ0v) is 11.7. The Morgan fingerprint density at radius 1 is 1.39 bits per heavy atom. The summed E-state index contributed by atoms with van der Waals surface area (Å²) in [6.07, 6.45) is 1.45. The van der Waals surface area contributed by atoms with Crippen LogP contribution in [0.25, 0.3) is 0 Å². The number of benzene rings is 1. The SMILES string of the molecule is CC(C)CCS(=O)(=O)N1CCc2cc(N)ccc21. The van der Waals surface area contributed by atoms with Crippen LogP contribution in [0.1, 0.15) is 25.8 Å². The van der Waals surface area contributed by atoms with Crippen LogP contribution >= 0.6 is 0 Å². The lowest BCUT2D eigenvalue weighted by molar-refractivity contribution is 0.570. The number of fused-ring (bicyclic) bond motifs is 1. The molecule has 0 spiro atoms. The number of hydrogen-bond acceptors (Lipinski definition) is 3. The van der Waals surface area contributed by atoms with Crippen LogP contribution in [0.5, 0.6) is 0 Å². The number of anilines is 2. The van der Waals surface area contributed by atoms with Crippen molar-refractivity contribution in [1.82, 2.24) is 0 Å². The molecule has 1 aliphatic rings. The van der Waals surface area contributed by atoms with E-state index in [0.29, 0.717) is 24.6 Å². The van der Waals surface area contributed by atoms with Crippen LogP contribution in [0.15, 0.2) is 18.2 Å². The Morgan fingerprint density at radius 3 is 2.78 bits per heavy atom. The molecule has 1 aromatic carbocycles. The molecule has 5 heteroatoms. The summed E-state index contributed by atoms with van der Waals surface area (Å²) in [5.41, 5.74) is 8.24. The molecule has 1 heterocycles. The zero-order chi connectivity index (χ0) is 13.3. The van der Waals surface area contributed by atoms with Crippen LogP contribution in [0.3, 0.4) is 0 Å². The lowest BCUT2D eigenvalue weighted by Gasteiger charge is -2.20. The van der Waals surface area contributed by atoms with Gasteiger partial charge in [-0.05, 0) is 42.5 Å². The Labute approximate surface area is 109 Å². The number of nitrogens with two attached hydrogens (primary N) is 1. The minimum Gasteiger partial charge on any atom is -0.399 e. The topological polar surface area (TPSA) is 63.4 Å².